The molecule has 1 aromatic heterocycles. The van der Waals surface area contributed by atoms with E-state index >= 15 is 0 Å². The zero-order valence-corrected chi connectivity index (χ0v) is 10.6. The predicted octanol–water partition coefficient (Wildman–Crippen LogP) is 3.46. The lowest BCUT2D eigenvalue weighted by Crippen LogP contribution is -1.92. The number of ether oxygens (including phenoxy) is 1. The van der Waals surface area contributed by atoms with E-state index < -0.39 is 10.9 Å². The van der Waals surface area contributed by atoms with E-state index in [1.54, 1.807) is 12.3 Å². The Hall–Kier alpha value is -2.41. The van der Waals surface area contributed by atoms with Crippen LogP contribution < -0.4 is 4.74 Å². The van der Waals surface area contributed by atoms with E-state index in [9.17, 15) is 14.9 Å². The molecule has 0 atom stereocenters. The van der Waals surface area contributed by atoms with Crippen molar-refractivity contribution in [2.24, 2.45) is 0 Å². The zero-order valence-electron chi connectivity index (χ0n) is 9.82. The maximum absolute atomic E-state index is 10.7. The topological polar surface area (TPSA) is 89.7 Å². The van der Waals surface area contributed by atoms with Gasteiger partial charge in [0.1, 0.15) is 16.4 Å². The third kappa shape index (κ3) is 2.89. The van der Waals surface area contributed by atoms with Crippen LogP contribution in [-0.2, 0) is 0 Å². The largest absolute Gasteiger partial charge is 0.477 e. The summed E-state index contributed by atoms with van der Waals surface area (Å²) in [6.07, 6.45) is 0. The van der Waals surface area contributed by atoms with Gasteiger partial charge in [0.15, 0.2) is 0 Å². The van der Waals surface area contributed by atoms with Crippen molar-refractivity contribution in [3.05, 3.63) is 50.2 Å². The highest BCUT2D eigenvalue weighted by molar-refractivity contribution is 7.12. The Morgan fingerprint density at radius 3 is 2.63 bits per heavy atom. The maximum Gasteiger partial charge on any atom is 0.346 e. The van der Waals surface area contributed by atoms with Crippen LogP contribution in [-0.4, -0.2) is 16.0 Å². The van der Waals surface area contributed by atoms with Gasteiger partial charge < -0.3 is 9.84 Å². The normalized spacial score (nSPS) is 10.2. The second kappa shape index (κ2) is 5.07. The number of aromatic carboxylic acids is 1. The summed E-state index contributed by atoms with van der Waals surface area (Å²) in [5, 5.41) is 21.0. The molecule has 2 aromatic rings. The third-order valence-corrected chi connectivity index (χ3v) is 3.28. The lowest BCUT2D eigenvalue weighted by atomic mass is 10.2. The van der Waals surface area contributed by atoms with E-state index in [0.29, 0.717) is 17.1 Å². The van der Waals surface area contributed by atoms with Gasteiger partial charge in [-0.1, -0.05) is 0 Å². The van der Waals surface area contributed by atoms with Gasteiger partial charge in [0, 0.05) is 23.1 Å². The number of thiophene rings is 1. The molecular weight excluding hydrogens is 270 g/mol. The van der Waals surface area contributed by atoms with E-state index in [4.69, 9.17) is 9.84 Å². The van der Waals surface area contributed by atoms with Gasteiger partial charge in [-0.15, -0.1) is 11.3 Å². The summed E-state index contributed by atoms with van der Waals surface area (Å²) in [6.45, 7) is 1.61. The quantitative estimate of drug-likeness (QED) is 0.683. The molecule has 1 heterocycles. The number of carboxylic acids is 1. The van der Waals surface area contributed by atoms with Crippen molar-refractivity contribution in [3.63, 3.8) is 0 Å². The van der Waals surface area contributed by atoms with Crippen LogP contribution in [0.4, 0.5) is 5.69 Å². The first kappa shape index (κ1) is 13.0. The molecule has 0 saturated carbocycles. The Morgan fingerprint density at radius 2 is 2.11 bits per heavy atom. The smallest absolute Gasteiger partial charge is 0.346 e. The summed E-state index contributed by atoms with van der Waals surface area (Å²) in [4.78, 5) is 21.1. The molecule has 0 aliphatic rings. The van der Waals surface area contributed by atoms with E-state index in [1.165, 1.54) is 24.3 Å². The predicted molar refractivity (Wildman–Crippen MR) is 69.2 cm³/mol. The Balaban J connectivity index is 2.21. The van der Waals surface area contributed by atoms with Crippen LogP contribution in [0.1, 0.15) is 15.2 Å². The molecule has 0 spiro atoms. The highest BCUT2D eigenvalue weighted by atomic mass is 32.1. The maximum atomic E-state index is 10.7. The molecule has 1 aromatic carbocycles. The van der Waals surface area contributed by atoms with Crippen molar-refractivity contribution < 1.29 is 19.6 Å². The SMILES string of the molecule is Cc1cc(Oc2csc(C(=O)O)c2)ccc1[N+](=O)[O-]. The van der Waals surface area contributed by atoms with E-state index in [2.05, 4.69) is 0 Å². The minimum Gasteiger partial charge on any atom is -0.477 e. The molecule has 0 unspecified atom stereocenters. The molecule has 98 valence electrons. The van der Waals surface area contributed by atoms with Crippen LogP contribution in [0.5, 0.6) is 11.5 Å². The number of aryl methyl sites for hydroxylation is 1. The zero-order chi connectivity index (χ0) is 14.0. The van der Waals surface area contributed by atoms with Crippen molar-refractivity contribution >= 4 is 23.0 Å². The van der Waals surface area contributed by atoms with Crippen molar-refractivity contribution in [3.8, 4) is 11.5 Å². The monoisotopic (exact) mass is 279 g/mol. The first-order chi connectivity index (χ1) is 8.97. The van der Waals surface area contributed by atoms with Crippen molar-refractivity contribution in [2.45, 2.75) is 6.92 Å². The lowest BCUT2D eigenvalue weighted by Gasteiger charge is -2.04. The second-order valence-electron chi connectivity index (χ2n) is 3.76. The number of nitro groups is 1. The first-order valence-electron chi connectivity index (χ1n) is 5.22. The number of nitro benzene ring substituents is 1. The highest BCUT2D eigenvalue weighted by Gasteiger charge is 2.12. The lowest BCUT2D eigenvalue weighted by molar-refractivity contribution is -0.385. The van der Waals surface area contributed by atoms with Crippen molar-refractivity contribution in [1.82, 2.24) is 0 Å². The third-order valence-electron chi connectivity index (χ3n) is 2.39. The number of hydrogen-bond donors (Lipinski definition) is 1. The molecule has 7 heteroatoms. The number of benzene rings is 1. The molecular formula is C12H9NO5S. The van der Waals surface area contributed by atoms with Gasteiger partial charge in [-0.05, 0) is 19.1 Å². The number of carboxylic acid groups (broad SMARTS) is 1. The molecule has 1 N–H and O–H groups in total. The van der Waals surface area contributed by atoms with Crippen LogP contribution >= 0.6 is 11.3 Å². The molecule has 2 rings (SSSR count). The Morgan fingerprint density at radius 1 is 1.37 bits per heavy atom. The fraction of sp³-hybridized carbons (Fsp3) is 0.0833. The molecule has 0 aliphatic heterocycles. The average molecular weight is 279 g/mol. The van der Waals surface area contributed by atoms with Crippen molar-refractivity contribution in [2.75, 3.05) is 0 Å². The molecule has 0 saturated heterocycles. The van der Waals surface area contributed by atoms with Gasteiger partial charge in [0.05, 0.1) is 4.92 Å². The van der Waals surface area contributed by atoms with Crippen LogP contribution in [0.2, 0.25) is 0 Å². The van der Waals surface area contributed by atoms with Gasteiger partial charge in [0.2, 0.25) is 0 Å². The molecule has 0 bridgehead atoms. The Bertz CT molecular complexity index is 649. The Kier molecular flexibility index (Phi) is 3.48. The highest BCUT2D eigenvalue weighted by Crippen LogP contribution is 2.29. The number of nitrogens with zero attached hydrogens (tertiary/aromatic N) is 1. The van der Waals surface area contributed by atoms with Gasteiger partial charge in [-0.25, -0.2) is 4.79 Å². The number of carbonyl (C=O) groups is 1. The molecule has 19 heavy (non-hydrogen) atoms. The summed E-state index contributed by atoms with van der Waals surface area (Å²) in [7, 11) is 0. The summed E-state index contributed by atoms with van der Waals surface area (Å²) < 4.78 is 5.45. The van der Waals surface area contributed by atoms with Gasteiger partial charge in [-0.2, -0.15) is 0 Å². The van der Waals surface area contributed by atoms with Gasteiger partial charge >= 0.3 is 5.97 Å². The first-order valence-corrected chi connectivity index (χ1v) is 6.10. The van der Waals surface area contributed by atoms with Crippen molar-refractivity contribution in [1.29, 1.82) is 0 Å². The molecule has 0 fully saturated rings. The van der Waals surface area contributed by atoms with Crippen LogP contribution in [0.3, 0.4) is 0 Å². The fourth-order valence-corrected chi connectivity index (χ4v) is 2.16. The molecule has 6 nitrogen and oxygen atoms in total. The molecule has 0 aliphatic carbocycles. The average Bonchev–Trinajstić information content (AvgIpc) is 2.77. The molecule has 0 amide bonds. The minimum absolute atomic E-state index is 0.0175. The van der Waals surface area contributed by atoms with Crippen LogP contribution in [0.25, 0.3) is 0 Å². The molecule has 0 radical (unpaired) electrons. The Labute approximate surface area is 112 Å². The number of rotatable bonds is 4. The van der Waals surface area contributed by atoms with E-state index in [0.717, 1.165) is 11.3 Å². The second-order valence-corrected chi connectivity index (χ2v) is 4.67. The number of hydrogen-bond acceptors (Lipinski definition) is 5. The fourth-order valence-electron chi connectivity index (χ4n) is 1.52. The summed E-state index contributed by atoms with van der Waals surface area (Å²) >= 11 is 1.06. The van der Waals surface area contributed by atoms with Crippen LogP contribution in [0, 0.1) is 17.0 Å². The minimum atomic E-state index is -1.01. The summed E-state index contributed by atoms with van der Waals surface area (Å²) in [5.41, 5.74) is 0.500. The van der Waals surface area contributed by atoms with Gasteiger partial charge in [0.25, 0.3) is 5.69 Å². The van der Waals surface area contributed by atoms with Crippen LogP contribution in [0.15, 0.2) is 29.6 Å². The van der Waals surface area contributed by atoms with E-state index in [-0.39, 0.29) is 10.6 Å². The summed E-state index contributed by atoms with van der Waals surface area (Å²) in [5.74, 6) is -0.187. The van der Waals surface area contributed by atoms with Gasteiger partial charge in [-0.3, -0.25) is 10.1 Å². The standard InChI is InChI=1S/C12H9NO5S/c1-7-4-8(2-3-10(7)13(16)17)18-9-5-11(12(14)15)19-6-9/h2-6H,1H3,(H,14,15). The van der Waals surface area contributed by atoms with E-state index in [1.807, 2.05) is 0 Å². The summed E-state index contributed by atoms with van der Waals surface area (Å²) in [6, 6.07) is 5.78.